The molecule has 394 valence electrons. The second-order valence-corrected chi connectivity index (χ2v) is 27.6. The molecular formula is C60H78N2O11. The summed E-state index contributed by atoms with van der Waals surface area (Å²) in [6.45, 7) is 3.85. The number of nitrogens with one attached hydrogen (secondary N) is 1. The number of cyclic esters (lactones) is 2. The fraction of sp³-hybridized carbons (Fsp3) is 0.817. The second kappa shape index (κ2) is 15.4. The van der Waals surface area contributed by atoms with Crippen molar-refractivity contribution in [3.05, 3.63) is 47.6 Å². The topological polar surface area (TPSA) is 181 Å². The Morgan fingerprint density at radius 1 is 0.904 bits per heavy atom. The first-order chi connectivity index (χ1) is 35.4. The number of hydrogen-bond donors (Lipinski definition) is 4. The van der Waals surface area contributed by atoms with Crippen molar-refractivity contribution in [1.82, 2.24) is 10.2 Å². The van der Waals surface area contributed by atoms with Gasteiger partial charge in [-0.2, -0.15) is 0 Å². The number of furan rings is 1. The Morgan fingerprint density at radius 3 is 2.51 bits per heavy atom. The lowest BCUT2D eigenvalue weighted by Crippen LogP contribution is -2.82. The molecule has 16 rings (SSSR count). The molecule has 7 aliphatic heterocycles. The molecule has 0 aromatic carbocycles. The molecule has 13 nitrogen and oxygen atoms in total. The number of aliphatic hydroxyl groups is 3. The number of rotatable bonds is 8. The van der Waals surface area contributed by atoms with E-state index in [0.29, 0.717) is 42.9 Å². The second-order valence-electron chi connectivity index (χ2n) is 27.6. The van der Waals surface area contributed by atoms with Gasteiger partial charge in [0, 0.05) is 35.4 Å². The number of carbonyl (C=O) groups excluding carboxylic acids is 3. The first kappa shape index (κ1) is 46.1. The van der Waals surface area contributed by atoms with E-state index in [1.54, 1.807) is 6.26 Å². The Bertz CT molecular complexity index is 2580. The van der Waals surface area contributed by atoms with Crippen LogP contribution in [-0.2, 0) is 39.8 Å². The molecule has 8 heterocycles. The van der Waals surface area contributed by atoms with Crippen LogP contribution in [0.15, 0.2) is 40.7 Å². The van der Waals surface area contributed by atoms with E-state index in [1.807, 2.05) is 6.07 Å². The third-order valence-electron chi connectivity index (χ3n) is 25.8. The van der Waals surface area contributed by atoms with Crippen LogP contribution >= 0.6 is 0 Å². The molecule has 5 bridgehead atoms. The lowest BCUT2D eigenvalue weighted by atomic mass is 9.29. The molecule has 1 aromatic heterocycles. The van der Waals surface area contributed by atoms with Gasteiger partial charge >= 0.3 is 11.9 Å². The molecule has 0 amide bonds. The lowest BCUT2D eigenvalue weighted by Gasteiger charge is -2.72. The van der Waals surface area contributed by atoms with Crippen LogP contribution in [0, 0.1) is 86.8 Å². The van der Waals surface area contributed by atoms with Crippen molar-refractivity contribution in [2.24, 2.45) is 86.8 Å². The third kappa shape index (κ3) is 5.19. The fourth-order valence-electron chi connectivity index (χ4n) is 23.8. The van der Waals surface area contributed by atoms with Crippen LogP contribution in [0.1, 0.15) is 153 Å². The highest BCUT2D eigenvalue weighted by molar-refractivity contribution is 5.94. The molecule has 4 spiro atoms. The molecular weight excluding hydrogens is 925 g/mol. The third-order valence-corrected chi connectivity index (χ3v) is 25.8. The van der Waals surface area contributed by atoms with Gasteiger partial charge in [-0.3, -0.25) is 14.9 Å². The number of Topliss-reactive ketones (excluding diaryl/α,β-unsaturated/α-hetero) is 1. The summed E-state index contributed by atoms with van der Waals surface area (Å²) in [6, 6.07) is 2.43. The molecule has 8 saturated carbocycles. The molecule has 0 radical (unpaired) electrons. The molecule has 1 aromatic rings. The first-order valence-electron chi connectivity index (χ1n) is 29.6. The Morgan fingerprint density at radius 2 is 1.70 bits per heavy atom. The van der Waals surface area contributed by atoms with Gasteiger partial charge in [0.25, 0.3) is 0 Å². The standard InChI is InChI=1S/C60H78N2O11/c1-54-26-34-27-55-19-8-13-37(55)24-38-16-20-57(35-9-4-2-5-10-35)47-45(65)49(66)58(36-11-6-3-7-12-36,46(34)56(47)30-70-52(67)48(55)59(38,56)73-57)60(54)51(72-60)53(68)71-50(54)40-18-22-69-44(40)25-41(43(64)29-63)32-14-15-39-33(23-32)17-21-62-31-61-28-42(39)62/h16-18,21-22,32-37,39,41-43,46-51,61,63-64,66H,2-15,19-20,23-31H2,1H3. The number of ether oxygens (including phenoxy) is 4. The predicted molar refractivity (Wildman–Crippen MR) is 262 cm³/mol. The maximum Gasteiger partial charge on any atom is 0.339 e. The Labute approximate surface area is 429 Å². The van der Waals surface area contributed by atoms with Gasteiger partial charge in [-0.25, -0.2) is 4.79 Å². The minimum Gasteiger partial charge on any atom is -0.469 e. The van der Waals surface area contributed by atoms with Gasteiger partial charge in [-0.15, -0.1) is 0 Å². The molecule has 15 aliphatic rings. The van der Waals surface area contributed by atoms with E-state index in [0.717, 1.165) is 134 Å². The minimum atomic E-state index is -1.42. The maximum absolute atomic E-state index is 16.9. The fourth-order valence-corrected chi connectivity index (χ4v) is 23.8. The summed E-state index contributed by atoms with van der Waals surface area (Å²) in [5, 5.41) is 40.3. The highest BCUT2D eigenvalue weighted by atomic mass is 16.7. The molecule has 13 heteroatoms. The summed E-state index contributed by atoms with van der Waals surface area (Å²) in [4.78, 5) is 49.9. The van der Waals surface area contributed by atoms with E-state index in [-0.39, 0.29) is 66.4 Å². The number of carbonyl (C=O) groups is 3. The van der Waals surface area contributed by atoms with Gasteiger partial charge < -0.3 is 43.6 Å². The Balaban J connectivity index is 0.872. The zero-order chi connectivity index (χ0) is 49.2. The van der Waals surface area contributed by atoms with Crippen LogP contribution in [-0.4, -0.2) is 106 Å². The summed E-state index contributed by atoms with van der Waals surface area (Å²) in [5.41, 5.74) is -4.70. The highest BCUT2D eigenvalue weighted by Gasteiger charge is 2.98. The van der Waals surface area contributed by atoms with Crippen molar-refractivity contribution in [3.63, 3.8) is 0 Å². The van der Waals surface area contributed by atoms with Crippen molar-refractivity contribution in [2.45, 2.75) is 189 Å². The zero-order valence-corrected chi connectivity index (χ0v) is 42.9. The quantitative estimate of drug-likeness (QED) is 0.116. The predicted octanol–water partition coefficient (Wildman–Crippen LogP) is 7.26. The van der Waals surface area contributed by atoms with Crippen molar-refractivity contribution < 1.29 is 53.1 Å². The number of esters is 2. The van der Waals surface area contributed by atoms with Gasteiger partial charge in [-0.1, -0.05) is 64.0 Å². The molecule has 21 atom stereocenters. The summed E-state index contributed by atoms with van der Waals surface area (Å²) in [7, 11) is 0. The summed E-state index contributed by atoms with van der Waals surface area (Å²) in [6.07, 6.45) is 23.5. The van der Waals surface area contributed by atoms with Crippen LogP contribution < -0.4 is 5.32 Å². The van der Waals surface area contributed by atoms with E-state index < -0.39 is 80.7 Å². The Hall–Kier alpha value is -3.07. The molecule has 5 saturated heterocycles. The number of epoxide rings is 1. The summed E-state index contributed by atoms with van der Waals surface area (Å²) < 4.78 is 36.0. The number of allylic oxidation sites excluding steroid dienone is 1. The number of fused-ring (bicyclic) bond motifs is 5. The zero-order valence-electron chi connectivity index (χ0n) is 42.9. The van der Waals surface area contributed by atoms with Gasteiger partial charge in [0.15, 0.2) is 11.9 Å². The highest BCUT2D eigenvalue weighted by Crippen LogP contribution is 2.90. The van der Waals surface area contributed by atoms with Gasteiger partial charge in [-0.05, 0) is 160 Å². The lowest BCUT2D eigenvalue weighted by molar-refractivity contribution is -0.300. The minimum absolute atomic E-state index is 0.0707. The molecule has 13 fully saturated rings. The Kier molecular flexibility index (Phi) is 9.69. The van der Waals surface area contributed by atoms with E-state index in [1.165, 1.54) is 5.57 Å². The largest absolute Gasteiger partial charge is 0.469 e. The van der Waals surface area contributed by atoms with Crippen molar-refractivity contribution in [3.8, 4) is 0 Å². The van der Waals surface area contributed by atoms with Gasteiger partial charge in [0.1, 0.15) is 35.8 Å². The van der Waals surface area contributed by atoms with Crippen molar-refractivity contribution in [1.29, 1.82) is 0 Å². The average Bonchev–Trinajstić information content (AvgIpc) is 4.00. The van der Waals surface area contributed by atoms with Crippen molar-refractivity contribution in [2.75, 3.05) is 26.4 Å². The maximum atomic E-state index is 16.9. The van der Waals surface area contributed by atoms with Crippen LogP contribution in [0.25, 0.3) is 0 Å². The normalized spacial score (nSPS) is 52.6. The molecule has 21 unspecified atom stereocenters. The van der Waals surface area contributed by atoms with E-state index >= 15 is 14.4 Å². The van der Waals surface area contributed by atoms with Crippen LogP contribution in [0.3, 0.4) is 0 Å². The molecule has 4 N–H and O–H groups in total. The monoisotopic (exact) mass is 1000 g/mol. The van der Waals surface area contributed by atoms with Crippen LogP contribution in [0.4, 0.5) is 0 Å². The SMILES string of the molecule is CC12CC3CC45CCCC4CC4=CCC6(C7CCCCC7)OC47C5C(=O)OCC74C6C(=O)C(O)C(C5CCCCC5)(C34)C13OC3C(=O)OC2c1ccoc1CC(C(O)CO)C1CCC2C(C=CN3CNCC23)C1. The van der Waals surface area contributed by atoms with Gasteiger partial charge in [0.05, 0.1) is 48.5 Å². The van der Waals surface area contributed by atoms with E-state index in [4.69, 9.17) is 23.4 Å². The average molecular weight is 1000 g/mol. The summed E-state index contributed by atoms with van der Waals surface area (Å²) >= 11 is 0. The number of aliphatic hydroxyl groups excluding tert-OH is 3. The van der Waals surface area contributed by atoms with Crippen molar-refractivity contribution >= 4 is 17.7 Å². The first-order valence-corrected chi connectivity index (χ1v) is 29.6. The van der Waals surface area contributed by atoms with E-state index in [2.05, 4.69) is 35.5 Å². The molecule has 73 heavy (non-hydrogen) atoms. The smallest absolute Gasteiger partial charge is 0.339 e. The van der Waals surface area contributed by atoms with E-state index in [9.17, 15) is 15.3 Å². The number of ketones is 1. The summed E-state index contributed by atoms with van der Waals surface area (Å²) in [5.74, 6) is -0.726. The molecule has 8 aliphatic carbocycles. The van der Waals surface area contributed by atoms with Crippen LogP contribution in [0.5, 0.6) is 0 Å². The van der Waals surface area contributed by atoms with Gasteiger partial charge in [0.2, 0.25) is 0 Å². The van der Waals surface area contributed by atoms with Crippen LogP contribution in [0.2, 0.25) is 0 Å². The number of nitrogens with zero attached hydrogens (tertiary/aromatic N) is 1. The number of hydrogen-bond acceptors (Lipinski definition) is 13.